The van der Waals surface area contributed by atoms with E-state index in [2.05, 4.69) is 17.1 Å². The minimum Gasteiger partial charge on any atom is -0.326 e. The molecule has 0 fully saturated rings. The molecule has 80 valence electrons. The number of nitrogens with zero attached hydrogens (tertiary/aromatic N) is 2. The highest BCUT2D eigenvalue weighted by atomic mass is 32.1. The Morgan fingerprint density at radius 1 is 1.25 bits per heavy atom. The molecule has 0 amide bonds. The molecule has 0 aliphatic heterocycles. The van der Waals surface area contributed by atoms with Crippen LogP contribution in [-0.4, -0.2) is 9.38 Å². The van der Waals surface area contributed by atoms with Crippen molar-refractivity contribution in [3.8, 4) is 11.3 Å². The first-order chi connectivity index (χ1) is 7.86. The van der Waals surface area contributed by atoms with E-state index in [9.17, 15) is 0 Å². The summed E-state index contributed by atoms with van der Waals surface area (Å²) in [6.07, 6.45) is 4.06. The Balaban J connectivity index is 2.05. The number of fused-ring (bicyclic) bond motifs is 1. The van der Waals surface area contributed by atoms with Crippen LogP contribution in [-0.2, 0) is 6.54 Å². The monoisotopic (exact) mass is 229 g/mol. The Labute approximate surface area is 97.2 Å². The lowest BCUT2D eigenvalue weighted by Crippen LogP contribution is -1.95. The van der Waals surface area contributed by atoms with Crippen LogP contribution >= 0.6 is 11.3 Å². The maximum Gasteiger partial charge on any atom is 0.194 e. The molecule has 2 N–H and O–H groups in total. The Bertz CT molecular complexity index is 578. The molecule has 1 aromatic carbocycles. The number of thiazole rings is 1. The van der Waals surface area contributed by atoms with E-state index in [1.165, 1.54) is 0 Å². The van der Waals surface area contributed by atoms with Crippen LogP contribution in [0.5, 0.6) is 0 Å². The first kappa shape index (κ1) is 9.57. The minimum absolute atomic E-state index is 0.582. The van der Waals surface area contributed by atoms with Gasteiger partial charge in [-0.05, 0) is 5.56 Å². The van der Waals surface area contributed by atoms with Crippen molar-refractivity contribution in [2.24, 2.45) is 5.73 Å². The van der Waals surface area contributed by atoms with Crippen molar-refractivity contribution >= 4 is 16.3 Å². The SMILES string of the molecule is NCc1ccc(-c2cn3ccsc3n2)cc1. The molecular formula is C12H11N3S. The summed E-state index contributed by atoms with van der Waals surface area (Å²) in [5.41, 5.74) is 8.85. The maximum absolute atomic E-state index is 5.57. The van der Waals surface area contributed by atoms with E-state index in [4.69, 9.17) is 5.73 Å². The van der Waals surface area contributed by atoms with E-state index in [1.807, 2.05) is 34.3 Å². The van der Waals surface area contributed by atoms with Crippen LogP contribution in [0.4, 0.5) is 0 Å². The molecule has 0 radical (unpaired) electrons. The predicted molar refractivity (Wildman–Crippen MR) is 66.4 cm³/mol. The molecule has 0 bridgehead atoms. The quantitative estimate of drug-likeness (QED) is 0.733. The van der Waals surface area contributed by atoms with E-state index >= 15 is 0 Å². The molecule has 2 heterocycles. The van der Waals surface area contributed by atoms with Crippen LogP contribution in [0.25, 0.3) is 16.2 Å². The van der Waals surface area contributed by atoms with Crippen molar-refractivity contribution in [1.29, 1.82) is 0 Å². The van der Waals surface area contributed by atoms with Crippen LogP contribution in [0, 0.1) is 0 Å². The first-order valence-electron chi connectivity index (χ1n) is 5.08. The van der Waals surface area contributed by atoms with Crippen molar-refractivity contribution in [3.63, 3.8) is 0 Å². The minimum atomic E-state index is 0.582. The molecule has 3 nitrogen and oxygen atoms in total. The number of nitrogens with two attached hydrogens (primary N) is 1. The molecule has 0 aliphatic rings. The van der Waals surface area contributed by atoms with E-state index in [-0.39, 0.29) is 0 Å². The highest BCUT2D eigenvalue weighted by Crippen LogP contribution is 2.21. The number of benzene rings is 1. The summed E-state index contributed by atoms with van der Waals surface area (Å²) < 4.78 is 2.04. The predicted octanol–water partition coefficient (Wildman–Crippen LogP) is 2.52. The molecule has 4 heteroatoms. The first-order valence-corrected chi connectivity index (χ1v) is 5.96. The molecule has 0 atom stereocenters. The molecule has 16 heavy (non-hydrogen) atoms. The molecule has 3 aromatic rings. The lowest BCUT2D eigenvalue weighted by Gasteiger charge is -1.98. The Morgan fingerprint density at radius 2 is 2.06 bits per heavy atom. The molecule has 0 unspecified atom stereocenters. The van der Waals surface area contributed by atoms with Crippen molar-refractivity contribution in [2.45, 2.75) is 6.54 Å². The molecule has 3 rings (SSSR count). The highest BCUT2D eigenvalue weighted by Gasteiger charge is 2.04. The van der Waals surface area contributed by atoms with Crippen LogP contribution in [0.3, 0.4) is 0 Å². The van der Waals surface area contributed by atoms with Crippen LogP contribution in [0.15, 0.2) is 42.0 Å². The zero-order valence-corrected chi connectivity index (χ0v) is 9.45. The Morgan fingerprint density at radius 3 is 2.75 bits per heavy atom. The van der Waals surface area contributed by atoms with Gasteiger partial charge in [0.25, 0.3) is 0 Å². The second kappa shape index (κ2) is 3.73. The Hall–Kier alpha value is -1.65. The van der Waals surface area contributed by atoms with Crippen molar-refractivity contribution in [1.82, 2.24) is 9.38 Å². The lowest BCUT2D eigenvalue weighted by molar-refractivity contribution is 1.07. The van der Waals surface area contributed by atoms with Crippen LogP contribution in [0.2, 0.25) is 0 Å². The van der Waals surface area contributed by atoms with Gasteiger partial charge in [0.05, 0.1) is 5.69 Å². The zero-order valence-electron chi connectivity index (χ0n) is 8.63. The third kappa shape index (κ3) is 1.52. The summed E-state index contributed by atoms with van der Waals surface area (Å²) in [5.74, 6) is 0. The van der Waals surface area contributed by atoms with Crippen LogP contribution in [0.1, 0.15) is 5.56 Å². The van der Waals surface area contributed by atoms with Gasteiger partial charge in [-0.25, -0.2) is 4.98 Å². The maximum atomic E-state index is 5.57. The summed E-state index contributed by atoms with van der Waals surface area (Å²) in [6, 6.07) is 8.22. The topological polar surface area (TPSA) is 43.3 Å². The molecule has 0 aliphatic carbocycles. The normalized spacial score (nSPS) is 11.1. The summed E-state index contributed by atoms with van der Waals surface area (Å²) in [6.45, 7) is 0.582. The van der Waals surface area contributed by atoms with Gasteiger partial charge in [-0.15, -0.1) is 11.3 Å². The molecule has 0 saturated carbocycles. The molecule has 2 aromatic heterocycles. The van der Waals surface area contributed by atoms with E-state index in [0.29, 0.717) is 6.54 Å². The van der Waals surface area contributed by atoms with Gasteiger partial charge in [-0.2, -0.15) is 0 Å². The fourth-order valence-corrected chi connectivity index (χ4v) is 2.38. The summed E-state index contributed by atoms with van der Waals surface area (Å²) >= 11 is 1.64. The smallest absolute Gasteiger partial charge is 0.194 e. The second-order valence-electron chi connectivity index (χ2n) is 3.62. The average Bonchev–Trinajstić information content (AvgIpc) is 2.89. The van der Waals surface area contributed by atoms with Gasteiger partial charge in [0, 0.05) is 29.9 Å². The van der Waals surface area contributed by atoms with E-state index in [0.717, 1.165) is 21.8 Å². The van der Waals surface area contributed by atoms with Crippen molar-refractivity contribution < 1.29 is 0 Å². The van der Waals surface area contributed by atoms with Gasteiger partial charge in [0.1, 0.15) is 0 Å². The second-order valence-corrected chi connectivity index (χ2v) is 4.49. The molecule has 0 spiro atoms. The standard InChI is InChI=1S/C12H11N3S/c13-7-9-1-3-10(4-2-9)11-8-15-5-6-16-12(15)14-11/h1-6,8H,7,13H2. The van der Waals surface area contributed by atoms with Crippen LogP contribution < -0.4 is 5.73 Å². The van der Waals surface area contributed by atoms with Gasteiger partial charge in [0.2, 0.25) is 0 Å². The van der Waals surface area contributed by atoms with Gasteiger partial charge in [-0.1, -0.05) is 24.3 Å². The molecule has 0 saturated heterocycles. The number of aromatic nitrogens is 2. The third-order valence-corrected chi connectivity index (χ3v) is 3.35. The van der Waals surface area contributed by atoms with Gasteiger partial charge < -0.3 is 5.73 Å². The van der Waals surface area contributed by atoms with E-state index < -0.39 is 0 Å². The number of imidazole rings is 1. The number of hydrogen-bond acceptors (Lipinski definition) is 3. The summed E-state index contributed by atoms with van der Waals surface area (Å²) in [7, 11) is 0. The number of rotatable bonds is 2. The highest BCUT2D eigenvalue weighted by molar-refractivity contribution is 7.15. The fraction of sp³-hybridized carbons (Fsp3) is 0.0833. The van der Waals surface area contributed by atoms with Gasteiger partial charge in [-0.3, -0.25) is 4.40 Å². The number of hydrogen-bond donors (Lipinski definition) is 1. The third-order valence-electron chi connectivity index (χ3n) is 2.58. The lowest BCUT2D eigenvalue weighted by atomic mass is 10.1. The van der Waals surface area contributed by atoms with Crippen molar-refractivity contribution in [3.05, 3.63) is 47.6 Å². The van der Waals surface area contributed by atoms with E-state index in [1.54, 1.807) is 11.3 Å². The zero-order chi connectivity index (χ0) is 11.0. The van der Waals surface area contributed by atoms with Crippen molar-refractivity contribution in [2.75, 3.05) is 0 Å². The summed E-state index contributed by atoms with van der Waals surface area (Å²) in [5, 5.41) is 2.03. The van der Waals surface area contributed by atoms with Gasteiger partial charge >= 0.3 is 0 Å². The molecular weight excluding hydrogens is 218 g/mol. The average molecular weight is 229 g/mol. The Kier molecular flexibility index (Phi) is 2.23. The largest absolute Gasteiger partial charge is 0.326 e. The fourth-order valence-electron chi connectivity index (χ4n) is 1.68. The van der Waals surface area contributed by atoms with Gasteiger partial charge in [0.15, 0.2) is 4.96 Å². The summed E-state index contributed by atoms with van der Waals surface area (Å²) in [4.78, 5) is 5.57.